The Bertz CT molecular complexity index is 785. The molecule has 23 heavy (non-hydrogen) atoms. The molecule has 0 aliphatic carbocycles. The summed E-state index contributed by atoms with van der Waals surface area (Å²) in [6.07, 6.45) is 3.67. The lowest BCUT2D eigenvalue weighted by molar-refractivity contribution is 0.632. The lowest BCUT2D eigenvalue weighted by Gasteiger charge is -2.11. The van der Waals surface area contributed by atoms with E-state index >= 15 is 0 Å². The minimum absolute atomic E-state index is 0.341. The van der Waals surface area contributed by atoms with Gasteiger partial charge in [0.15, 0.2) is 5.11 Å². The van der Waals surface area contributed by atoms with Crippen LogP contribution in [0, 0.1) is 5.82 Å². The van der Waals surface area contributed by atoms with Gasteiger partial charge >= 0.3 is 0 Å². The van der Waals surface area contributed by atoms with E-state index in [0.717, 1.165) is 11.3 Å². The van der Waals surface area contributed by atoms with Gasteiger partial charge in [-0.3, -0.25) is 4.68 Å². The van der Waals surface area contributed by atoms with Crippen molar-refractivity contribution in [1.82, 2.24) is 9.78 Å². The van der Waals surface area contributed by atoms with Gasteiger partial charge in [-0.15, -0.1) is 0 Å². The van der Waals surface area contributed by atoms with Gasteiger partial charge in [-0.1, -0.05) is 24.3 Å². The molecule has 0 radical (unpaired) electrons. The first-order valence-corrected chi connectivity index (χ1v) is 7.50. The number of halogens is 1. The summed E-state index contributed by atoms with van der Waals surface area (Å²) in [5, 5.41) is 10.4. The van der Waals surface area contributed by atoms with Crippen molar-refractivity contribution >= 4 is 28.7 Å². The quantitative estimate of drug-likeness (QED) is 0.714. The lowest BCUT2D eigenvalue weighted by Crippen LogP contribution is -2.19. The number of benzene rings is 2. The molecule has 0 saturated heterocycles. The van der Waals surface area contributed by atoms with Crippen molar-refractivity contribution in [3.63, 3.8) is 0 Å². The minimum atomic E-state index is -0.341. The predicted octanol–water partition coefficient (Wildman–Crippen LogP) is 3.88. The molecule has 3 rings (SSSR count). The number of thiocarbonyl (C=S) groups is 1. The van der Waals surface area contributed by atoms with Gasteiger partial charge in [-0.05, 0) is 48.1 Å². The largest absolute Gasteiger partial charge is 0.332 e. The van der Waals surface area contributed by atoms with Crippen LogP contribution in [0.4, 0.5) is 15.8 Å². The molecule has 0 saturated carbocycles. The molecule has 2 N–H and O–H groups in total. The second-order valence-corrected chi connectivity index (χ2v) is 5.37. The third-order valence-corrected chi connectivity index (χ3v) is 3.44. The van der Waals surface area contributed by atoms with Crippen molar-refractivity contribution in [2.45, 2.75) is 6.54 Å². The zero-order chi connectivity index (χ0) is 16.1. The van der Waals surface area contributed by atoms with Gasteiger partial charge in [-0.25, -0.2) is 4.39 Å². The highest BCUT2D eigenvalue weighted by Crippen LogP contribution is 2.14. The molecular weight excluding hydrogens is 311 g/mol. The Kier molecular flexibility index (Phi) is 4.63. The van der Waals surface area contributed by atoms with Gasteiger partial charge in [-0.2, -0.15) is 5.10 Å². The summed E-state index contributed by atoms with van der Waals surface area (Å²) in [5.41, 5.74) is 2.32. The van der Waals surface area contributed by atoms with Gasteiger partial charge in [0.25, 0.3) is 0 Å². The molecule has 1 aromatic heterocycles. The van der Waals surface area contributed by atoms with Crippen molar-refractivity contribution < 1.29 is 4.39 Å². The molecule has 4 nitrogen and oxygen atoms in total. The van der Waals surface area contributed by atoms with E-state index in [-0.39, 0.29) is 5.82 Å². The summed E-state index contributed by atoms with van der Waals surface area (Å²) < 4.78 is 15.4. The van der Waals surface area contributed by atoms with E-state index in [1.165, 1.54) is 6.07 Å². The van der Waals surface area contributed by atoms with Crippen LogP contribution in [0.2, 0.25) is 0 Å². The lowest BCUT2D eigenvalue weighted by atomic mass is 10.2. The fraction of sp³-hybridized carbons (Fsp3) is 0.0588. The molecule has 0 aliphatic rings. The number of para-hydroxylation sites is 1. The van der Waals surface area contributed by atoms with Crippen molar-refractivity contribution in [3.05, 3.63) is 78.4 Å². The highest BCUT2D eigenvalue weighted by molar-refractivity contribution is 7.80. The van der Waals surface area contributed by atoms with Crippen LogP contribution >= 0.6 is 12.2 Å². The van der Waals surface area contributed by atoms with E-state index in [1.807, 2.05) is 41.2 Å². The number of aromatic nitrogens is 2. The van der Waals surface area contributed by atoms with Crippen LogP contribution in [0.1, 0.15) is 5.56 Å². The highest BCUT2D eigenvalue weighted by Gasteiger charge is 2.03. The van der Waals surface area contributed by atoms with E-state index in [4.69, 9.17) is 12.2 Å². The molecule has 0 spiro atoms. The Balaban J connectivity index is 1.59. The van der Waals surface area contributed by atoms with Crippen LogP contribution in [0.5, 0.6) is 0 Å². The van der Waals surface area contributed by atoms with Crippen LogP contribution < -0.4 is 10.6 Å². The topological polar surface area (TPSA) is 41.9 Å². The van der Waals surface area contributed by atoms with Crippen molar-refractivity contribution in [2.24, 2.45) is 0 Å². The second-order valence-electron chi connectivity index (χ2n) is 4.96. The molecule has 0 aliphatic heterocycles. The van der Waals surface area contributed by atoms with Crippen LogP contribution in [-0.4, -0.2) is 14.9 Å². The summed E-state index contributed by atoms with van der Waals surface area (Å²) in [6, 6.07) is 16.1. The fourth-order valence-electron chi connectivity index (χ4n) is 2.12. The molecule has 0 bridgehead atoms. The van der Waals surface area contributed by atoms with Gasteiger partial charge < -0.3 is 10.6 Å². The average molecular weight is 326 g/mol. The van der Waals surface area contributed by atoms with Gasteiger partial charge in [0.05, 0.1) is 12.2 Å². The SMILES string of the molecule is Fc1ccccc1NC(=S)Nc1ccc(Cn2cccn2)cc1. The van der Waals surface area contributed by atoms with Crippen LogP contribution in [0.25, 0.3) is 0 Å². The normalized spacial score (nSPS) is 10.3. The third kappa shape index (κ3) is 4.14. The number of nitrogens with zero attached hydrogens (tertiary/aromatic N) is 2. The van der Waals surface area contributed by atoms with E-state index in [0.29, 0.717) is 17.3 Å². The maximum Gasteiger partial charge on any atom is 0.175 e. The maximum atomic E-state index is 13.6. The van der Waals surface area contributed by atoms with Crippen molar-refractivity contribution in [1.29, 1.82) is 0 Å². The maximum absolute atomic E-state index is 13.6. The number of anilines is 2. The van der Waals surface area contributed by atoms with Crippen LogP contribution in [0.3, 0.4) is 0 Å². The van der Waals surface area contributed by atoms with Gasteiger partial charge in [0.2, 0.25) is 0 Å². The van der Waals surface area contributed by atoms with Crippen LogP contribution in [-0.2, 0) is 6.54 Å². The predicted molar refractivity (Wildman–Crippen MR) is 94.0 cm³/mol. The molecule has 0 amide bonds. The molecule has 0 unspecified atom stereocenters. The molecule has 6 heteroatoms. The van der Waals surface area contributed by atoms with E-state index < -0.39 is 0 Å². The summed E-state index contributed by atoms with van der Waals surface area (Å²) in [6.45, 7) is 0.713. The molecular formula is C17H15FN4S. The Hall–Kier alpha value is -2.73. The fourth-order valence-corrected chi connectivity index (χ4v) is 2.35. The monoisotopic (exact) mass is 326 g/mol. The molecule has 0 fully saturated rings. The average Bonchev–Trinajstić information content (AvgIpc) is 3.04. The first-order chi connectivity index (χ1) is 11.2. The Morgan fingerprint density at radius 1 is 1.04 bits per heavy atom. The highest BCUT2D eigenvalue weighted by atomic mass is 32.1. The van der Waals surface area contributed by atoms with E-state index in [1.54, 1.807) is 24.4 Å². The second kappa shape index (κ2) is 7.02. The van der Waals surface area contributed by atoms with E-state index in [2.05, 4.69) is 15.7 Å². The van der Waals surface area contributed by atoms with Crippen LogP contribution in [0.15, 0.2) is 67.0 Å². The minimum Gasteiger partial charge on any atom is -0.332 e. The molecule has 1 heterocycles. The molecule has 116 valence electrons. The zero-order valence-electron chi connectivity index (χ0n) is 12.2. The standard InChI is InChI=1S/C17H15FN4S/c18-15-4-1-2-5-16(15)21-17(23)20-14-8-6-13(7-9-14)12-22-11-3-10-19-22/h1-11H,12H2,(H2,20,21,23). The Morgan fingerprint density at radius 3 is 2.52 bits per heavy atom. The smallest absolute Gasteiger partial charge is 0.175 e. The first kappa shape index (κ1) is 15.2. The first-order valence-electron chi connectivity index (χ1n) is 7.09. The van der Waals surface area contributed by atoms with Crippen molar-refractivity contribution in [2.75, 3.05) is 10.6 Å². The van der Waals surface area contributed by atoms with Crippen molar-refractivity contribution in [3.8, 4) is 0 Å². The Labute approximate surface area is 139 Å². The summed E-state index contributed by atoms with van der Waals surface area (Å²) in [4.78, 5) is 0. The molecule has 0 atom stereocenters. The summed E-state index contributed by atoms with van der Waals surface area (Å²) >= 11 is 5.20. The van der Waals surface area contributed by atoms with E-state index in [9.17, 15) is 4.39 Å². The Morgan fingerprint density at radius 2 is 1.83 bits per heavy atom. The number of nitrogens with one attached hydrogen (secondary N) is 2. The van der Waals surface area contributed by atoms with Gasteiger partial charge in [0, 0.05) is 18.1 Å². The zero-order valence-corrected chi connectivity index (χ0v) is 13.1. The van der Waals surface area contributed by atoms with Gasteiger partial charge in [0.1, 0.15) is 5.82 Å². The third-order valence-electron chi connectivity index (χ3n) is 3.24. The summed E-state index contributed by atoms with van der Waals surface area (Å²) in [7, 11) is 0. The summed E-state index contributed by atoms with van der Waals surface area (Å²) in [5.74, 6) is -0.341. The number of rotatable bonds is 4. The molecule has 2 aromatic carbocycles. The number of hydrogen-bond acceptors (Lipinski definition) is 2. The molecule has 3 aromatic rings. The number of hydrogen-bond donors (Lipinski definition) is 2.